The molecule has 0 amide bonds. The minimum atomic E-state index is -4.28. The van der Waals surface area contributed by atoms with Crippen molar-refractivity contribution in [3.8, 4) is 0 Å². The van der Waals surface area contributed by atoms with E-state index in [1.54, 1.807) is 69.3 Å². The van der Waals surface area contributed by atoms with E-state index in [2.05, 4.69) is 0 Å². The third-order valence-electron chi connectivity index (χ3n) is 7.00. The number of ether oxygens (including phenoxy) is 1. The van der Waals surface area contributed by atoms with Crippen molar-refractivity contribution in [1.29, 1.82) is 0 Å². The second-order valence-corrected chi connectivity index (χ2v) is 13.0. The maximum Gasteiger partial charge on any atom is 0.325 e. The van der Waals surface area contributed by atoms with E-state index in [1.165, 1.54) is 23.4 Å². The number of hydrogen-bond donors (Lipinski definition) is 0. The summed E-state index contributed by atoms with van der Waals surface area (Å²) in [4.78, 5) is 27.5. The molecule has 37 heavy (non-hydrogen) atoms. The molecule has 1 saturated heterocycles. The molecule has 4 atom stereocenters. The van der Waals surface area contributed by atoms with Gasteiger partial charge in [0, 0.05) is 10.9 Å². The second-order valence-electron chi connectivity index (χ2n) is 10.7. The summed E-state index contributed by atoms with van der Waals surface area (Å²) in [7, 11) is -4.28. The van der Waals surface area contributed by atoms with Crippen LogP contribution in [-0.4, -0.2) is 36.1 Å². The van der Waals surface area contributed by atoms with Gasteiger partial charge in [0.1, 0.15) is 17.4 Å². The van der Waals surface area contributed by atoms with Gasteiger partial charge in [-0.3, -0.25) is 9.59 Å². The van der Waals surface area contributed by atoms with Crippen molar-refractivity contribution in [2.24, 2.45) is 11.3 Å². The van der Waals surface area contributed by atoms with Gasteiger partial charge in [-0.25, -0.2) is 8.42 Å². The number of fused-ring (bicyclic) bond motifs is 1. The molecule has 0 saturated carbocycles. The number of nitrogens with zero attached hydrogens (tertiary/aromatic N) is 1. The first-order valence-corrected chi connectivity index (χ1v) is 14.0. The number of hydrogen-bond acceptors (Lipinski definition) is 5. The highest BCUT2D eigenvalue weighted by atomic mass is 35.5. The van der Waals surface area contributed by atoms with Gasteiger partial charge in [-0.2, -0.15) is 4.31 Å². The summed E-state index contributed by atoms with van der Waals surface area (Å²) in [6.45, 7) is 8.52. The first kappa shape index (κ1) is 27.3. The molecule has 2 aromatic carbocycles. The molecule has 1 fully saturated rings. The van der Waals surface area contributed by atoms with Gasteiger partial charge in [0.05, 0.1) is 16.4 Å². The Morgan fingerprint density at radius 3 is 2.35 bits per heavy atom. The molecule has 0 aromatic heterocycles. The van der Waals surface area contributed by atoms with Crippen LogP contribution in [0.2, 0.25) is 5.02 Å². The molecular weight excluding hydrogens is 510 g/mol. The first-order chi connectivity index (χ1) is 17.3. The maximum atomic E-state index is 14.4. The Labute approximate surface area is 224 Å². The number of allylic oxidation sites excluding steroid dienone is 3. The van der Waals surface area contributed by atoms with Crippen LogP contribution in [0.25, 0.3) is 0 Å². The molecule has 0 bridgehead atoms. The van der Waals surface area contributed by atoms with E-state index in [0.717, 1.165) is 5.56 Å². The number of sulfonamides is 1. The topological polar surface area (TPSA) is 80.8 Å². The molecule has 1 aliphatic carbocycles. The molecule has 2 aliphatic rings. The lowest BCUT2D eigenvalue weighted by atomic mass is 9.66. The number of aryl methyl sites for hydroxylation is 1. The summed E-state index contributed by atoms with van der Waals surface area (Å²) >= 11 is 6.36. The quantitative estimate of drug-likeness (QED) is 0.446. The number of ketones is 1. The molecule has 1 heterocycles. The van der Waals surface area contributed by atoms with E-state index >= 15 is 0 Å². The molecule has 0 radical (unpaired) electrons. The van der Waals surface area contributed by atoms with Gasteiger partial charge in [0.25, 0.3) is 0 Å². The van der Waals surface area contributed by atoms with Crippen LogP contribution in [-0.2, 0) is 24.3 Å². The summed E-state index contributed by atoms with van der Waals surface area (Å²) < 4.78 is 35.8. The van der Waals surface area contributed by atoms with Crippen molar-refractivity contribution in [1.82, 2.24) is 4.31 Å². The lowest BCUT2D eigenvalue weighted by molar-refractivity contribution is -0.160. The Kier molecular flexibility index (Phi) is 7.27. The van der Waals surface area contributed by atoms with Gasteiger partial charge in [-0.15, -0.1) is 0 Å². The largest absolute Gasteiger partial charge is 0.459 e. The fourth-order valence-corrected chi connectivity index (χ4v) is 7.52. The SMILES string of the molecule is CC(=O)[C@@]12C=CC=CC[C@@H]1[C@@H](C(=O)OC(C)(C)C)N(S(=O)(=O)c1ccc(C)cc1)[C@H]2c1cccc(Cl)c1. The number of carbonyl (C=O) groups excluding carboxylic acids is 2. The fraction of sp³-hybridized carbons (Fsp3) is 0.379. The maximum absolute atomic E-state index is 14.4. The number of carbonyl (C=O) groups is 2. The molecule has 196 valence electrons. The molecule has 6 nitrogen and oxygen atoms in total. The summed E-state index contributed by atoms with van der Waals surface area (Å²) in [6.07, 6.45) is 7.50. The Balaban J connectivity index is 2.06. The van der Waals surface area contributed by atoms with Gasteiger partial charge in [-0.05, 0) is 70.9 Å². The molecule has 2 aromatic rings. The number of benzene rings is 2. The van der Waals surface area contributed by atoms with Crippen molar-refractivity contribution in [2.75, 3.05) is 0 Å². The Morgan fingerprint density at radius 1 is 1.08 bits per heavy atom. The van der Waals surface area contributed by atoms with E-state index < -0.39 is 45.0 Å². The Morgan fingerprint density at radius 2 is 1.76 bits per heavy atom. The van der Waals surface area contributed by atoms with Crippen LogP contribution in [0.15, 0.2) is 77.7 Å². The van der Waals surface area contributed by atoms with Gasteiger partial charge in [0.15, 0.2) is 0 Å². The van der Waals surface area contributed by atoms with E-state index in [1.807, 2.05) is 19.1 Å². The van der Waals surface area contributed by atoms with Crippen LogP contribution >= 0.6 is 11.6 Å². The van der Waals surface area contributed by atoms with Crippen molar-refractivity contribution in [2.45, 2.75) is 63.6 Å². The minimum absolute atomic E-state index is 0.0355. The highest BCUT2D eigenvalue weighted by Gasteiger charge is 2.66. The zero-order valence-electron chi connectivity index (χ0n) is 21.6. The lowest BCUT2D eigenvalue weighted by Gasteiger charge is -2.36. The van der Waals surface area contributed by atoms with Crippen LogP contribution in [0.5, 0.6) is 0 Å². The van der Waals surface area contributed by atoms with E-state index in [-0.39, 0.29) is 10.7 Å². The number of Topliss-reactive ketones (excluding diaryl/α,β-unsaturated/α-hetero) is 1. The zero-order valence-corrected chi connectivity index (χ0v) is 23.2. The highest BCUT2D eigenvalue weighted by molar-refractivity contribution is 7.89. The summed E-state index contributed by atoms with van der Waals surface area (Å²) in [5.74, 6) is -1.62. The third-order valence-corrected chi connectivity index (χ3v) is 9.10. The second kappa shape index (κ2) is 9.86. The molecule has 0 spiro atoms. The standard InChI is InChI=1S/C29H32ClNO5S/c1-19-13-15-23(16-14-19)37(34,35)31-25(27(33)36-28(3,4)5)24-12-7-6-8-17-29(24,20(2)32)26(31)21-10-9-11-22(30)18-21/h6-11,13-18,24-26H,12H2,1-5H3/t24-,25+,26+,29+/m1/s1. The molecule has 8 heteroatoms. The monoisotopic (exact) mass is 541 g/mol. The van der Waals surface area contributed by atoms with E-state index in [0.29, 0.717) is 17.0 Å². The molecule has 4 rings (SSSR count). The third kappa shape index (κ3) is 4.92. The predicted molar refractivity (Wildman–Crippen MR) is 144 cm³/mol. The van der Waals surface area contributed by atoms with Crippen molar-refractivity contribution >= 4 is 33.4 Å². The van der Waals surface area contributed by atoms with E-state index in [4.69, 9.17) is 16.3 Å². The molecule has 1 aliphatic heterocycles. The van der Waals surface area contributed by atoms with Crippen LogP contribution in [0, 0.1) is 18.3 Å². The van der Waals surface area contributed by atoms with Crippen molar-refractivity contribution in [3.05, 3.63) is 89.0 Å². The zero-order chi connectivity index (χ0) is 27.2. The average molecular weight is 542 g/mol. The van der Waals surface area contributed by atoms with Gasteiger partial charge in [-0.1, -0.05) is 65.7 Å². The van der Waals surface area contributed by atoms with Crippen LogP contribution in [0.3, 0.4) is 0 Å². The first-order valence-electron chi connectivity index (χ1n) is 12.2. The van der Waals surface area contributed by atoms with Crippen LogP contribution < -0.4 is 0 Å². The highest BCUT2D eigenvalue weighted by Crippen LogP contribution is 2.59. The summed E-state index contributed by atoms with van der Waals surface area (Å²) in [5, 5.41) is 0.400. The lowest BCUT2D eigenvalue weighted by Crippen LogP contribution is -2.46. The van der Waals surface area contributed by atoms with Gasteiger partial charge < -0.3 is 4.74 Å². The number of esters is 1. The smallest absolute Gasteiger partial charge is 0.325 e. The summed E-state index contributed by atoms with van der Waals surface area (Å²) in [6, 6.07) is 11.0. The normalized spacial score (nSPS) is 25.9. The Hall–Kier alpha value is -2.74. The predicted octanol–water partition coefficient (Wildman–Crippen LogP) is 5.81. The number of halogens is 1. The average Bonchev–Trinajstić information content (AvgIpc) is 2.93. The molecular formula is C29H32ClNO5S. The van der Waals surface area contributed by atoms with Crippen LogP contribution in [0.4, 0.5) is 0 Å². The minimum Gasteiger partial charge on any atom is -0.459 e. The molecule has 0 N–H and O–H groups in total. The number of rotatable bonds is 5. The summed E-state index contributed by atoms with van der Waals surface area (Å²) in [5.41, 5.74) is -0.761. The van der Waals surface area contributed by atoms with Crippen molar-refractivity contribution in [3.63, 3.8) is 0 Å². The van der Waals surface area contributed by atoms with Crippen LogP contribution in [0.1, 0.15) is 51.3 Å². The molecule has 0 unspecified atom stereocenters. The fourth-order valence-electron chi connectivity index (χ4n) is 5.49. The Bertz CT molecular complexity index is 1370. The van der Waals surface area contributed by atoms with Crippen molar-refractivity contribution < 1.29 is 22.7 Å². The van der Waals surface area contributed by atoms with E-state index in [9.17, 15) is 18.0 Å². The van der Waals surface area contributed by atoms with Gasteiger partial charge in [0.2, 0.25) is 10.0 Å². The van der Waals surface area contributed by atoms with Gasteiger partial charge >= 0.3 is 5.97 Å².